The number of hydrogen-bond acceptors (Lipinski definition) is 3. The van der Waals surface area contributed by atoms with Crippen LogP contribution in [-0.4, -0.2) is 29.0 Å². The molecule has 100 valence electrons. The van der Waals surface area contributed by atoms with Crippen LogP contribution in [0.25, 0.3) is 11.0 Å². The minimum absolute atomic E-state index is 0.0814. The lowest BCUT2D eigenvalue weighted by Gasteiger charge is -2.27. The Morgan fingerprint density at radius 1 is 1.47 bits per heavy atom. The molecule has 0 radical (unpaired) electrons. The Hall–Kier alpha value is -1.68. The monoisotopic (exact) mass is 258 g/mol. The van der Waals surface area contributed by atoms with E-state index in [1.54, 1.807) is 19.5 Å². The van der Waals surface area contributed by atoms with E-state index in [0.29, 0.717) is 0 Å². The van der Waals surface area contributed by atoms with Crippen LogP contribution in [0.4, 0.5) is 0 Å². The number of nitrogens with one attached hydrogen (secondary N) is 1. The van der Waals surface area contributed by atoms with Gasteiger partial charge in [-0.3, -0.25) is 4.79 Å². The van der Waals surface area contributed by atoms with Gasteiger partial charge in [0.2, 0.25) is 0 Å². The second-order valence-electron chi connectivity index (χ2n) is 5.19. The number of aromatic amines is 1. The van der Waals surface area contributed by atoms with Crippen molar-refractivity contribution in [1.82, 2.24) is 9.97 Å². The first-order valence-electron chi connectivity index (χ1n) is 6.78. The lowest BCUT2D eigenvalue weighted by atomic mass is 9.82. The Kier molecular flexibility index (Phi) is 3.34. The van der Waals surface area contributed by atoms with Crippen molar-refractivity contribution < 1.29 is 9.53 Å². The number of carbonyl (C=O) groups excluding carboxylic acids is 1. The number of methoxy groups -OCH3 is 1. The lowest BCUT2D eigenvalue weighted by Crippen LogP contribution is -2.27. The Labute approximate surface area is 112 Å². The van der Waals surface area contributed by atoms with Gasteiger partial charge in [-0.1, -0.05) is 6.42 Å². The predicted octanol–water partition coefficient (Wildman–Crippen LogP) is 2.95. The molecule has 4 heteroatoms. The maximum absolute atomic E-state index is 12.6. The first-order valence-corrected chi connectivity index (χ1v) is 6.78. The Bertz CT molecular complexity index is 591. The number of pyridine rings is 1. The summed E-state index contributed by atoms with van der Waals surface area (Å²) in [5.41, 5.74) is 1.55. The quantitative estimate of drug-likeness (QED) is 0.861. The van der Waals surface area contributed by atoms with Crippen LogP contribution in [-0.2, 0) is 4.74 Å². The summed E-state index contributed by atoms with van der Waals surface area (Å²) in [5.74, 6) is 0.305. The van der Waals surface area contributed by atoms with Crippen molar-refractivity contribution in [2.24, 2.45) is 5.92 Å². The van der Waals surface area contributed by atoms with Crippen LogP contribution in [0.5, 0.6) is 0 Å². The van der Waals surface area contributed by atoms with Crippen molar-refractivity contribution >= 4 is 16.8 Å². The summed E-state index contributed by atoms with van der Waals surface area (Å²) in [6, 6.07) is 3.81. The Morgan fingerprint density at radius 3 is 3.21 bits per heavy atom. The number of hydrogen-bond donors (Lipinski definition) is 1. The fourth-order valence-corrected chi connectivity index (χ4v) is 2.98. The van der Waals surface area contributed by atoms with Gasteiger partial charge in [-0.25, -0.2) is 4.98 Å². The number of rotatable bonds is 3. The fourth-order valence-electron chi connectivity index (χ4n) is 2.98. The molecule has 2 aromatic rings. The van der Waals surface area contributed by atoms with Gasteiger partial charge in [0.1, 0.15) is 5.65 Å². The number of Topliss-reactive ketones (excluding diaryl/α,β-unsaturated/α-hetero) is 1. The Balaban J connectivity index is 1.87. The normalized spacial score (nSPS) is 23.6. The molecule has 4 nitrogen and oxygen atoms in total. The van der Waals surface area contributed by atoms with E-state index in [0.717, 1.165) is 42.3 Å². The van der Waals surface area contributed by atoms with E-state index in [1.807, 2.05) is 12.1 Å². The van der Waals surface area contributed by atoms with Gasteiger partial charge in [-0.15, -0.1) is 0 Å². The molecule has 19 heavy (non-hydrogen) atoms. The number of fused-ring (bicyclic) bond motifs is 1. The number of ketones is 1. The van der Waals surface area contributed by atoms with Crippen LogP contribution in [0.15, 0.2) is 24.5 Å². The molecule has 1 aliphatic carbocycles. The highest BCUT2D eigenvalue weighted by Crippen LogP contribution is 2.30. The van der Waals surface area contributed by atoms with Crippen molar-refractivity contribution in [2.45, 2.75) is 31.8 Å². The highest BCUT2D eigenvalue weighted by atomic mass is 16.5. The SMILES string of the molecule is CO[C@@H]1CCCC(C(=O)c2c[nH]c3ncccc23)C1. The molecule has 2 atom stereocenters. The molecule has 1 unspecified atom stereocenters. The number of ether oxygens (including phenoxy) is 1. The van der Waals surface area contributed by atoms with Crippen LogP contribution in [0, 0.1) is 5.92 Å². The van der Waals surface area contributed by atoms with E-state index in [4.69, 9.17) is 4.74 Å². The molecule has 1 N–H and O–H groups in total. The molecule has 0 aromatic carbocycles. The molecule has 0 saturated heterocycles. The summed E-state index contributed by atoms with van der Waals surface area (Å²) in [5, 5.41) is 0.923. The van der Waals surface area contributed by atoms with Crippen LogP contribution in [0.2, 0.25) is 0 Å². The molecule has 3 rings (SSSR count). The highest BCUT2D eigenvalue weighted by Gasteiger charge is 2.29. The molecular weight excluding hydrogens is 240 g/mol. The van der Waals surface area contributed by atoms with Crippen molar-refractivity contribution in [2.75, 3.05) is 7.11 Å². The van der Waals surface area contributed by atoms with Crippen LogP contribution in [0.3, 0.4) is 0 Å². The maximum Gasteiger partial charge on any atom is 0.168 e. The van der Waals surface area contributed by atoms with Crippen molar-refractivity contribution in [3.8, 4) is 0 Å². The molecule has 1 aliphatic rings. The minimum atomic E-state index is 0.0814. The predicted molar refractivity (Wildman–Crippen MR) is 73.2 cm³/mol. The summed E-state index contributed by atoms with van der Waals surface area (Å²) in [4.78, 5) is 19.9. The van der Waals surface area contributed by atoms with Gasteiger partial charge in [-0.05, 0) is 31.4 Å². The standard InChI is InChI=1S/C15H18N2O2/c1-19-11-5-2-4-10(8-11)14(18)13-9-17-15-12(13)6-3-7-16-15/h3,6-7,9-11H,2,4-5,8H2,1H3,(H,16,17)/t10?,11-/m1/s1. The average Bonchev–Trinajstić information content (AvgIpc) is 2.90. The second-order valence-corrected chi connectivity index (χ2v) is 5.19. The van der Waals surface area contributed by atoms with E-state index in [2.05, 4.69) is 9.97 Å². The van der Waals surface area contributed by atoms with Gasteiger partial charge in [0.15, 0.2) is 5.78 Å². The molecule has 1 fully saturated rings. The number of aromatic nitrogens is 2. The molecule has 2 aromatic heterocycles. The van der Waals surface area contributed by atoms with Crippen molar-refractivity contribution in [3.05, 3.63) is 30.1 Å². The summed E-state index contributed by atoms with van der Waals surface area (Å²) >= 11 is 0. The van der Waals surface area contributed by atoms with Gasteiger partial charge in [0, 0.05) is 36.4 Å². The Morgan fingerprint density at radius 2 is 2.37 bits per heavy atom. The van der Waals surface area contributed by atoms with Gasteiger partial charge in [0.25, 0.3) is 0 Å². The fraction of sp³-hybridized carbons (Fsp3) is 0.467. The van der Waals surface area contributed by atoms with Crippen LogP contribution < -0.4 is 0 Å². The molecule has 0 aliphatic heterocycles. The van der Waals surface area contributed by atoms with Crippen molar-refractivity contribution in [3.63, 3.8) is 0 Å². The summed E-state index contributed by atoms with van der Waals surface area (Å²) in [7, 11) is 1.73. The first kappa shape index (κ1) is 12.4. The third kappa shape index (κ3) is 2.28. The third-order valence-electron chi connectivity index (χ3n) is 4.05. The van der Waals surface area contributed by atoms with Crippen LogP contribution >= 0.6 is 0 Å². The first-order chi connectivity index (χ1) is 9.29. The maximum atomic E-state index is 12.6. The molecular formula is C15H18N2O2. The van der Waals surface area contributed by atoms with E-state index >= 15 is 0 Å². The molecule has 0 bridgehead atoms. The summed E-state index contributed by atoms with van der Waals surface area (Å²) < 4.78 is 5.40. The molecule has 1 saturated carbocycles. The van der Waals surface area contributed by atoms with Crippen molar-refractivity contribution in [1.29, 1.82) is 0 Å². The topological polar surface area (TPSA) is 55.0 Å². The van der Waals surface area contributed by atoms with E-state index in [1.165, 1.54) is 0 Å². The zero-order chi connectivity index (χ0) is 13.2. The molecule has 0 amide bonds. The van der Waals surface area contributed by atoms with Gasteiger partial charge in [-0.2, -0.15) is 0 Å². The molecule has 0 spiro atoms. The van der Waals surface area contributed by atoms with Crippen LogP contribution in [0.1, 0.15) is 36.0 Å². The number of H-pyrrole nitrogens is 1. The zero-order valence-corrected chi connectivity index (χ0v) is 11.1. The average molecular weight is 258 g/mol. The van der Waals surface area contributed by atoms with Gasteiger partial charge in [0.05, 0.1) is 6.10 Å². The van der Waals surface area contributed by atoms with E-state index < -0.39 is 0 Å². The van der Waals surface area contributed by atoms with Gasteiger partial charge >= 0.3 is 0 Å². The lowest BCUT2D eigenvalue weighted by molar-refractivity contribution is 0.0457. The minimum Gasteiger partial charge on any atom is -0.381 e. The largest absolute Gasteiger partial charge is 0.381 e. The summed E-state index contributed by atoms with van der Waals surface area (Å²) in [6.07, 6.45) is 7.68. The highest BCUT2D eigenvalue weighted by molar-refractivity contribution is 6.08. The van der Waals surface area contributed by atoms with E-state index in [-0.39, 0.29) is 17.8 Å². The van der Waals surface area contributed by atoms with Gasteiger partial charge < -0.3 is 9.72 Å². The van der Waals surface area contributed by atoms with E-state index in [9.17, 15) is 4.79 Å². The third-order valence-corrected chi connectivity index (χ3v) is 4.05. The number of nitrogens with zero attached hydrogens (tertiary/aromatic N) is 1. The zero-order valence-electron chi connectivity index (χ0n) is 11.1. The second kappa shape index (κ2) is 5.13. The smallest absolute Gasteiger partial charge is 0.168 e. The summed E-state index contributed by atoms with van der Waals surface area (Å²) in [6.45, 7) is 0. The number of carbonyl (C=O) groups is 1. The molecule has 2 heterocycles.